The van der Waals surface area contributed by atoms with Gasteiger partial charge in [-0.15, -0.1) is 0 Å². The van der Waals surface area contributed by atoms with E-state index in [0.29, 0.717) is 6.04 Å². The third-order valence-corrected chi connectivity index (χ3v) is 3.81. The Kier molecular flexibility index (Phi) is 5.26. The van der Waals surface area contributed by atoms with Crippen molar-refractivity contribution in [3.8, 4) is 0 Å². The van der Waals surface area contributed by atoms with Crippen molar-refractivity contribution in [2.75, 3.05) is 0 Å². The molecule has 1 aliphatic rings. The van der Waals surface area contributed by atoms with Crippen LogP contribution < -0.4 is 11.1 Å². The lowest BCUT2D eigenvalue weighted by atomic mass is 9.84. The minimum Gasteiger partial charge on any atom is -0.368 e. The van der Waals surface area contributed by atoms with Crippen molar-refractivity contribution >= 4 is 5.91 Å². The summed E-state index contributed by atoms with van der Waals surface area (Å²) < 4.78 is 0. The number of nitrogens with one attached hydrogen (secondary N) is 1. The molecule has 1 atom stereocenters. The van der Waals surface area contributed by atoms with E-state index in [9.17, 15) is 4.79 Å². The zero-order valence-electron chi connectivity index (χ0n) is 10.8. The highest BCUT2D eigenvalue weighted by Crippen LogP contribution is 2.27. The van der Waals surface area contributed by atoms with E-state index in [0.717, 1.165) is 5.92 Å². The van der Waals surface area contributed by atoms with Crippen LogP contribution in [0.1, 0.15) is 52.9 Å². The Morgan fingerprint density at radius 3 is 2.25 bits per heavy atom. The number of carbonyl (C=O) groups excluding carboxylic acids is 1. The summed E-state index contributed by atoms with van der Waals surface area (Å²) in [5, 5.41) is 3.42. The molecule has 16 heavy (non-hydrogen) atoms. The van der Waals surface area contributed by atoms with Crippen molar-refractivity contribution in [1.29, 1.82) is 0 Å². The molecule has 1 aliphatic carbocycles. The van der Waals surface area contributed by atoms with Gasteiger partial charge in [0, 0.05) is 6.04 Å². The smallest absolute Gasteiger partial charge is 0.234 e. The van der Waals surface area contributed by atoms with E-state index >= 15 is 0 Å². The highest BCUT2D eigenvalue weighted by Gasteiger charge is 2.26. The second-order valence-corrected chi connectivity index (χ2v) is 5.42. The summed E-state index contributed by atoms with van der Waals surface area (Å²) >= 11 is 0. The quantitative estimate of drug-likeness (QED) is 0.754. The monoisotopic (exact) mass is 226 g/mol. The van der Waals surface area contributed by atoms with Crippen LogP contribution in [0.4, 0.5) is 0 Å². The van der Waals surface area contributed by atoms with E-state index in [2.05, 4.69) is 12.2 Å². The van der Waals surface area contributed by atoms with Gasteiger partial charge in [-0.2, -0.15) is 0 Å². The van der Waals surface area contributed by atoms with E-state index in [4.69, 9.17) is 5.73 Å². The van der Waals surface area contributed by atoms with E-state index in [1.807, 2.05) is 13.8 Å². The van der Waals surface area contributed by atoms with Crippen LogP contribution in [0.3, 0.4) is 0 Å². The molecule has 3 N–H and O–H groups in total. The molecule has 1 rings (SSSR count). The van der Waals surface area contributed by atoms with Crippen LogP contribution in [0.25, 0.3) is 0 Å². The first-order valence-corrected chi connectivity index (χ1v) is 6.60. The van der Waals surface area contributed by atoms with Crippen LogP contribution in [-0.4, -0.2) is 18.0 Å². The molecule has 0 aromatic carbocycles. The van der Waals surface area contributed by atoms with Gasteiger partial charge >= 0.3 is 0 Å². The summed E-state index contributed by atoms with van der Waals surface area (Å²) in [6.45, 7) is 6.35. The van der Waals surface area contributed by atoms with Crippen LogP contribution in [0.2, 0.25) is 0 Å². The van der Waals surface area contributed by atoms with Gasteiger partial charge in [0.2, 0.25) is 5.91 Å². The van der Waals surface area contributed by atoms with Gasteiger partial charge < -0.3 is 11.1 Å². The molecule has 1 saturated carbocycles. The molecule has 0 heterocycles. The van der Waals surface area contributed by atoms with Crippen LogP contribution >= 0.6 is 0 Å². The first-order chi connectivity index (χ1) is 7.54. The first-order valence-electron chi connectivity index (χ1n) is 6.60. The third-order valence-electron chi connectivity index (χ3n) is 3.81. The van der Waals surface area contributed by atoms with Gasteiger partial charge in [-0.3, -0.25) is 4.79 Å². The summed E-state index contributed by atoms with van der Waals surface area (Å²) in [5.74, 6) is 0.957. The maximum absolute atomic E-state index is 11.3. The number of carbonyl (C=O) groups is 1. The maximum atomic E-state index is 11.3. The lowest BCUT2D eigenvalue weighted by Crippen LogP contribution is -2.50. The molecule has 1 amide bonds. The number of nitrogens with two attached hydrogens (primary N) is 1. The van der Waals surface area contributed by atoms with Gasteiger partial charge in [0.15, 0.2) is 0 Å². The zero-order chi connectivity index (χ0) is 12.1. The normalized spacial score (nSPS) is 28.0. The summed E-state index contributed by atoms with van der Waals surface area (Å²) in [6, 6.07) is 0.325. The van der Waals surface area contributed by atoms with Crippen LogP contribution in [0.5, 0.6) is 0 Å². The maximum Gasteiger partial charge on any atom is 0.234 e. The van der Waals surface area contributed by atoms with Crippen molar-refractivity contribution in [3.63, 3.8) is 0 Å². The molecule has 0 aromatic heterocycles. The minimum absolute atomic E-state index is 0.164. The Morgan fingerprint density at radius 2 is 1.88 bits per heavy atom. The molecule has 1 unspecified atom stereocenters. The average Bonchev–Trinajstić information content (AvgIpc) is 2.25. The predicted molar refractivity (Wildman–Crippen MR) is 67.0 cm³/mol. The van der Waals surface area contributed by atoms with E-state index in [-0.39, 0.29) is 17.9 Å². The number of hydrogen-bond acceptors (Lipinski definition) is 2. The fourth-order valence-corrected chi connectivity index (χ4v) is 2.59. The Hall–Kier alpha value is -0.570. The SMILES string of the molecule is CCC1CCC(NC(C(N)=O)C(C)C)CC1. The van der Waals surface area contributed by atoms with Crippen LogP contribution in [0.15, 0.2) is 0 Å². The average molecular weight is 226 g/mol. The summed E-state index contributed by atoms with van der Waals surface area (Å²) in [6.07, 6.45) is 6.25. The molecule has 3 nitrogen and oxygen atoms in total. The van der Waals surface area contributed by atoms with Crippen molar-refractivity contribution in [1.82, 2.24) is 5.32 Å². The molecule has 0 radical (unpaired) electrons. The lowest BCUT2D eigenvalue weighted by Gasteiger charge is -2.32. The van der Waals surface area contributed by atoms with Gasteiger partial charge in [-0.1, -0.05) is 27.2 Å². The Bertz CT molecular complexity index is 220. The van der Waals surface area contributed by atoms with Gasteiger partial charge in [0.1, 0.15) is 0 Å². The predicted octanol–water partition coefficient (Wildman–Crippen LogP) is 2.05. The van der Waals surface area contributed by atoms with Gasteiger partial charge in [0.05, 0.1) is 6.04 Å². The molecular weight excluding hydrogens is 200 g/mol. The molecule has 94 valence electrons. The highest BCUT2D eigenvalue weighted by atomic mass is 16.1. The van der Waals surface area contributed by atoms with Gasteiger partial charge in [-0.05, 0) is 37.5 Å². The topological polar surface area (TPSA) is 55.1 Å². The standard InChI is InChI=1S/C13H26N2O/c1-4-10-5-7-11(8-6-10)15-12(9(2)3)13(14)16/h9-12,15H,4-8H2,1-3H3,(H2,14,16). The number of hydrogen-bond donors (Lipinski definition) is 2. The van der Waals surface area contributed by atoms with Crippen molar-refractivity contribution in [3.05, 3.63) is 0 Å². The summed E-state index contributed by atoms with van der Waals surface area (Å²) in [4.78, 5) is 11.3. The second-order valence-electron chi connectivity index (χ2n) is 5.42. The highest BCUT2D eigenvalue weighted by molar-refractivity contribution is 5.80. The van der Waals surface area contributed by atoms with Crippen molar-refractivity contribution in [2.24, 2.45) is 17.6 Å². The fourth-order valence-electron chi connectivity index (χ4n) is 2.59. The molecule has 0 bridgehead atoms. The molecule has 3 heteroatoms. The van der Waals surface area contributed by atoms with E-state index in [1.165, 1.54) is 32.1 Å². The number of rotatable bonds is 5. The Labute approximate surface area is 99.2 Å². The Morgan fingerprint density at radius 1 is 1.31 bits per heavy atom. The minimum atomic E-state index is -0.215. The molecule has 1 fully saturated rings. The summed E-state index contributed by atoms with van der Waals surface area (Å²) in [5.41, 5.74) is 5.41. The van der Waals surface area contributed by atoms with Crippen molar-refractivity contribution in [2.45, 2.75) is 65.0 Å². The fraction of sp³-hybridized carbons (Fsp3) is 0.923. The zero-order valence-corrected chi connectivity index (χ0v) is 10.8. The van der Waals surface area contributed by atoms with E-state index in [1.54, 1.807) is 0 Å². The molecular formula is C13H26N2O. The van der Waals surface area contributed by atoms with Gasteiger partial charge in [-0.25, -0.2) is 0 Å². The van der Waals surface area contributed by atoms with E-state index < -0.39 is 0 Å². The van der Waals surface area contributed by atoms with Crippen LogP contribution in [0, 0.1) is 11.8 Å². The van der Waals surface area contributed by atoms with Crippen LogP contribution in [-0.2, 0) is 4.79 Å². The molecule has 0 spiro atoms. The molecule has 0 saturated heterocycles. The largest absolute Gasteiger partial charge is 0.368 e. The lowest BCUT2D eigenvalue weighted by molar-refractivity contribution is -0.121. The Balaban J connectivity index is 2.39. The molecule has 0 aliphatic heterocycles. The first kappa shape index (κ1) is 13.5. The molecule has 0 aromatic rings. The number of primary amides is 1. The van der Waals surface area contributed by atoms with Crippen molar-refractivity contribution < 1.29 is 4.79 Å². The second kappa shape index (κ2) is 6.24. The third kappa shape index (κ3) is 3.78. The summed E-state index contributed by atoms with van der Waals surface area (Å²) in [7, 11) is 0. The van der Waals surface area contributed by atoms with Gasteiger partial charge in [0.25, 0.3) is 0 Å². The number of amides is 1.